The van der Waals surface area contributed by atoms with Crippen LogP contribution in [0.4, 0.5) is 0 Å². The average molecular weight is 733 g/mol. The Labute approximate surface area is 315 Å². The second-order valence-corrected chi connectivity index (χ2v) is 27.6. The van der Waals surface area contributed by atoms with Gasteiger partial charge in [-0.15, -0.1) is 0 Å². The molecule has 294 valence electrons. The molecule has 0 N–H and O–H groups in total. The van der Waals surface area contributed by atoms with Crippen LogP contribution in [0.3, 0.4) is 0 Å². The van der Waals surface area contributed by atoms with Crippen LogP contribution < -0.4 is 0 Å². The minimum Gasteiger partial charge on any atom is -0.417 e. The van der Waals surface area contributed by atoms with Crippen molar-refractivity contribution in [3.05, 3.63) is 0 Å². The maximum absolute atomic E-state index is 6.86. The van der Waals surface area contributed by atoms with Crippen LogP contribution in [0.25, 0.3) is 0 Å². The zero-order valence-corrected chi connectivity index (χ0v) is 38.2. The third-order valence-electron chi connectivity index (χ3n) is 14.1. The van der Waals surface area contributed by atoms with Gasteiger partial charge in [0.1, 0.15) is 0 Å². The SMILES string of the molecule is CC[Si](CC)(CC)OCCCC(=NC1C(C(C)C)CCCC1C(C)C)C(CCCO[Si](CC)(CC)CC)=NC1C(C(C)C)CCCC1C(C)C. The third kappa shape index (κ3) is 12.9. The Balaban J connectivity index is 2.68. The zero-order valence-electron chi connectivity index (χ0n) is 36.2. The standard InChI is InChI=1S/C44H88N2O2Si2/c1-15-49(16-2,17-3)47-31-23-29-41(45-43-37(33(7)8)25-21-26-38(43)34(9)10)42(30-24-32-48-50(18-4,19-5)20-6)46-44-39(35(11)12)27-22-28-40(44)36(13)14/h33-40,43-44H,15-32H2,1-14H3. The molecule has 2 saturated carbocycles. The van der Waals surface area contributed by atoms with Crippen molar-refractivity contribution in [2.24, 2.45) is 57.3 Å². The molecule has 2 fully saturated rings. The minimum atomic E-state index is -1.63. The normalized spacial score (nSPS) is 26.2. The molecule has 50 heavy (non-hydrogen) atoms. The first-order valence-corrected chi connectivity index (χ1v) is 27.2. The molecule has 0 bridgehead atoms. The van der Waals surface area contributed by atoms with E-state index in [4.69, 9.17) is 18.8 Å². The van der Waals surface area contributed by atoms with Gasteiger partial charge in [0.05, 0.1) is 23.5 Å². The maximum atomic E-state index is 6.86. The van der Waals surface area contributed by atoms with Crippen LogP contribution in [0.1, 0.15) is 161 Å². The van der Waals surface area contributed by atoms with E-state index in [1.54, 1.807) is 0 Å². The topological polar surface area (TPSA) is 43.2 Å². The van der Waals surface area contributed by atoms with Crippen molar-refractivity contribution in [1.82, 2.24) is 0 Å². The fraction of sp³-hybridized carbons (Fsp3) is 0.955. The van der Waals surface area contributed by atoms with E-state index in [1.165, 1.54) is 86.2 Å². The highest BCUT2D eigenvalue weighted by molar-refractivity contribution is 6.74. The first-order chi connectivity index (χ1) is 23.8. The molecule has 0 aromatic heterocycles. The third-order valence-corrected chi connectivity index (χ3v) is 23.4. The van der Waals surface area contributed by atoms with E-state index >= 15 is 0 Å². The second kappa shape index (κ2) is 22.8. The van der Waals surface area contributed by atoms with E-state index in [2.05, 4.69) is 96.9 Å². The summed E-state index contributed by atoms with van der Waals surface area (Å²) in [6.07, 6.45) is 12.1. The lowest BCUT2D eigenvalue weighted by Gasteiger charge is -2.41. The van der Waals surface area contributed by atoms with Gasteiger partial charge in [0.15, 0.2) is 16.6 Å². The summed E-state index contributed by atoms with van der Waals surface area (Å²) < 4.78 is 13.7. The first kappa shape index (κ1) is 45.9. The molecule has 2 aliphatic rings. The van der Waals surface area contributed by atoms with Gasteiger partial charge in [-0.05, 0) is 135 Å². The lowest BCUT2D eigenvalue weighted by Crippen LogP contribution is -2.40. The van der Waals surface area contributed by atoms with Gasteiger partial charge in [-0.25, -0.2) is 0 Å². The fourth-order valence-corrected chi connectivity index (χ4v) is 15.3. The van der Waals surface area contributed by atoms with Crippen molar-refractivity contribution in [3.63, 3.8) is 0 Å². The fourth-order valence-electron chi connectivity index (χ4n) is 9.89. The summed E-state index contributed by atoms with van der Waals surface area (Å²) in [7, 11) is -3.25. The molecule has 4 unspecified atom stereocenters. The molecule has 2 aliphatic carbocycles. The highest BCUT2D eigenvalue weighted by Crippen LogP contribution is 2.42. The Hall–Kier alpha value is -0.306. The molecule has 2 rings (SSSR count). The molecule has 0 aliphatic heterocycles. The number of hydrogen-bond donors (Lipinski definition) is 0. The van der Waals surface area contributed by atoms with Crippen LogP contribution in [0.5, 0.6) is 0 Å². The average Bonchev–Trinajstić information content (AvgIpc) is 3.11. The van der Waals surface area contributed by atoms with Crippen molar-refractivity contribution >= 4 is 28.1 Å². The highest BCUT2D eigenvalue weighted by atomic mass is 28.4. The van der Waals surface area contributed by atoms with Gasteiger partial charge in [-0.1, -0.05) is 110 Å². The van der Waals surface area contributed by atoms with Crippen LogP contribution in [-0.2, 0) is 8.85 Å². The Kier molecular flexibility index (Phi) is 20.9. The minimum absolute atomic E-state index is 0.394. The Bertz CT molecular complexity index is 858. The zero-order chi connectivity index (χ0) is 37.5. The predicted molar refractivity (Wildman–Crippen MR) is 228 cm³/mol. The monoisotopic (exact) mass is 733 g/mol. The van der Waals surface area contributed by atoms with Gasteiger partial charge in [-0.2, -0.15) is 0 Å². The Morgan fingerprint density at radius 1 is 0.480 bits per heavy atom. The molecular formula is C44H88N2O2Si2. The summed E-state index contributed by atoms with van der Waals surface area (Å²) in [4.78, 5) is 12.1. The summed E-state index contributed by atoms with van der Waals surface area (Å²) in [5.41, 5.74) is 2.68. The largest absolute Gasteiger partial charge is 0.417 e. The number of hydrogen-bond acceptors (Lipinski definition) is 4. The molecule has 0 spiro atoms. The number of aliphatic imine (C=N–C) groups is 2. The van der Waals surface area contributed by atoms with E-state index in [0.717, 1.165) is 38.9 Å². The lowest BCUT2D eigenvalue weighted by atomic mass is 9.68. The molecule has 0 aromatic carbocycles. The van der Waals surface area contributed by atoms with Crippen molar-refractivity contribution in [2.45, 2.75) is 209 Å². The summed E-state index contributed by atoms with van der Waals surface area (Å²) in [6, 6.07) is 8.09. The quantitative estimate of drug-likeness (QED) is 0.0596. The molecule has 0 amide bonds. The smallest absolute Gasteiger partial charge is 0.191 e. The van der Waals surface area contributed by atoms with Crippen LogP contribution in [0.15, 0.2) is 9.98 Å². The van der Waals surface area contributed by atoms with E-state index in [9.17, 15) is 0 Å². The Morgan fingerprint density at radius 3 is 0.960 bits per heavy atom. The van der Waals surface area contributed by atoms with Crippen LogP contribution in [-0.4, -0.2) is 53.4 Å². The highest BCUT2D eigenvalue weighted by Gasteiger charge is 2.39. The molecule has 6 heteroatoms. The molecular weight excluding hydrogens is 645 g/mol. The van der Waals surface area contributed by atoms with E-state index in [0.29, 0.717) is 59.4 Å². The summed E-state index contributed by atoms with van der Waals surface area (Å²) in [6.45, 7) is 35.5. The van der Waals surface area contributed by atoms with Crippen LogP contribution >= 0.6 is 0 Å². The first-order valence-electron chi connectivity index (χ1n) is 22.2. The molecule has 0 aromatic rings. The molecule has 4 atom stereocenters. The van der Waals surface area contributed by atoms with Gasteiger partial charge in [0.25, 0.3) is 0 Å². The van der Waals surface area contributed by atoms with Crippen LogP contribution in [0.2, 0.25) is 36.3 Å². The molecule has 4 nitrogen and oxygen atoms in total. The second-order valence-electron chi connectivity index (χ2n) is 18.0. The summed E-state index contributed by atoms with van der Waals surface area (Å²) in [5, 5.41) is 0. The van der Waals surface area contributed by atoms with Gasteiger partial charge < -0.3 is 8.85 Å². The van der Waals surface area contributed by atoms with E-state index < -0.39 is 16.6 Å². The lowest BCUT2D eigenvalue weighted by molar-refractivity contribution is 0.141. The van der Waals surface area contributed by atoms with E-state index in [-0.39, 0.29) is 0 Å². The van der Waals surface area contributed by atoms with E-state index in [1.807, 2.05) is 0 Å². The molecule has 0 heterocycles. The van der Waals surface area contributed by atoms with Crippen molar-refractivity contribution in [2.75, 3.05) is 13.2 Å². The number of rotatable bonds is 23. The van der Waals surface area contributed by atoms with Gasteiger partial charge in [-0.3, -0.25) is 9.98 Å². The Morgan fingerprint density at radius 2 is 0.740 bits per heavy atom. The summed E-state index contributed by atoms with van der Waals surface area (Å²) >= 11 is 0. The maximum Gasteiger partial charge on any atom is 0.191 e. The number of nitrogens with zero attached hydrogens (tertiary/aromatic N) is 2. The van der Waals surface area contributed by atoms with Crippen LogP contribution in [0, 0.1) is 47.3 Å². The predicted octanol–water partition coefficient (Wildman–Crippen LogP) is 13.7. The van der Waals surface area contributed by atoms with Crippen molar-refractivity contribution in [1.29, 1.82) is 0 Å². The molecule has 0 radical (unpaired) electrons. The van der Waals surface area contributed by atoms with Crippen molar-refractivity contribution < 1.29 is 8.85 Å². The van der Waals surface area contributed by atoms with Gasteiger partial charge in [0, 0.05) is 13.2 Å². The van der Waals surface area contributed by atoms with Gasteiger partial charge in [0.2, 0.25) is 0 Å². The summed E-state index contributed by atoms with van der Waals surface area (Å²) in [5.74, 6) is 5.21. The molecule has 0 saturated heterocycles. The van der Waals surface area contributed by atoms with Crippen molar-refractivity contribution in [3.8, 4) is 0 Å². The van der Waals surface area contributed by atoms with Gasteiger partial charge >= 0.3 is 0 Å².